The van der Waals surface area contributed by atoms with E-state index in [4.69, 9.17) is 22.6 Å². The van der Waals surface area contributed by atoms with Crippen LogP contribution in [0.1, 0.15) is 43.2 Å². The Labute approximate surface area is 129 Å². The largest absolute Gasteiger partial charge is 0.494 e. The Morgan fingerprint density at radius 2 is 1.57 bits per heavy atom. The third kappa shape index (κ3) is 7.75. The van der Waals surface area contributed by atoms with Crippen molar-refractivity contribution in [2.24, 2.45) is 11.5 Å². The summed E-state index contributed by atoms with van der Waals surface area (Å²) in [4.78, 5) is 0. The third-order valence-corrected chi connectivity index (χ3v) is 3.35. The first kappa shape index (κ1) is 17.6. The fraction of sp³-hybridized carbons (Fsp3) is 0.556. The molecule has 4 N–H and O–H groups in total. The molecule has 116 valence electrons. The van der Waals surface area contributed by atoms with Crippen molar-refractivity contribution in [3.8, 4) is 18.1 Å². The van der Waals surface area contributed by atoms with Crippen LogP contribution in [0.2, 0.25) is 0 Å². The van der Waals surface area contributed by atoms with Gasteiger partial charge in [0.15, 0.2) is 0 Å². The molecule has 0 spiro atoms. The molecule has 0 aliphatic rings. The molecule has 3 heteroatoms. The smallest absolute Gasteiger partial charge is 0.119 e. The fourth-order valence-corrected chi connectivity index (χ4v) is 2.24. The minimum absolute atomic E-state index is 0.658. The summed E-state index contributed by atoms with van der Waals surface area (Å²) in [6, 6.07) is 6.53. The number of hydrogen-bond donors (Lipinski definition) is 2. The molecule has 0 bridgehead atoms. The number of ether oxygens (including phenoxy) is 1. The molecule has 0 unspecified atom stereocenters. The number of nitrogens with two attached hydrogens (primary N) is 2. The Bertz CT molecular complexity index is 409. The van der Waals surface area contributed by atoms with Gasteiger partial charge in [0.25, 0.3) is 0 Å². The molecule has 1 aromatic carbocycles. The highest BCUT2D eigenvalue weighted by molar-refractivity contribution is 5.35. The molecule has 0 aliphatic heterocycles. The summed E-state index contributed by atoms with van der Waals surface area (Å²) in [6.07, 6.45) is 12.3. The summed E-state index contributed by atoms with van der Waals surface area (Å²) < 4.78 is 5.80. The molecule has 0 fully saturated rings. The predicted octanol–water partition coefficient (Wildman–Crippen LogP) is 2.65. The highest BCUT2D eigenvalue weighted by atomic mass is 16.5. The zero-order valence-electron chi connectivity index (χ0n) is 12.9. The second-order valence-electron chi connectivity index (χ2n) is 5.28. The highest BCUT2D eigenvalue weighted by Crippen LogP contribution is 2.20. The van der Waals surface area contributed by atoms with Gasteiger partial charge in [0, 0.05) is 6.42 Å². The van der Waals surface area contributed by atoms with E-state index < -0.39 is 0 Å². The van der Waals surface area contributed by atoms with E-state index in [9.17, 15) is 0 Å². The number of benzene rings is 1. The van der Waals surface area contributed by atoms with Gasteiger partial charge in [-0.3, -0.25) is 0 Å². The Hall–Kier alpha value is -1.50. The fourth-order valence-electron chi connectivity index (χ4n) is 2.24. The highest BCUT2D eigenvalue weighted by Gasteiger charge is 2.03. The lowest BCUT2D eigenvalue weighted by atomic mass is 10.0. The molecular formula is C18H28N2O. The normalized spacial score (nSPS) is 10.3. The van der Waals surface area contributed by atoms with Gasteiger partial charge in [-0.15, -0.1) is 12.3 Å². The molecule has 0 aliphatic carbocycles. The van der Waals surface area contributed by atoms with E-state index in [1.54, 1.807) is 0 Å². The Kier molecular flexibility index (Phi) is 9.35. The standard InChI is InChI=1S/C18H28N2O/c1-2-3-4-8-16-13-17(9-5-6-10-19)15-18(14-16)21-12-7-11-20/h1,13-15H,3-12,19-20H2. The quantitative estimate of drug-likeness (QED) is 0.486. The first-order chi connectivity index (χ1) is 10.3. The second kappa shape index (κ2) is 11.2. The zero-order valence-corrected chi connectivity index (χ0v) is 12.9. The minimum atomic E-state index is 0.658. The Morgan fingerprint density at radius 3 is 2.19 bits per heavy atom. The summed E-state index contributed by atoms with van der Waals surface area (Å²) in [5, 5.41) is 0. The third-order valence-electron chi connectivity index (χ3n) is 3.35. The maximum absolute atomic E-state index is 5.80. The Morgan fingerprint density at radius 1 is 0.905 bits per heavy atom. The van der Waals surface area contributed by atoms with Gasteiger partial charge in [-0.05, 0) is 74.9 Å². The number of rotatable bonds is 11. The van der Waals surface area contributed by atoms with Gasteiger partial charge in [-0.2, -0.15) is 0 Å². The van der Waals surface area contributed by atoms with Gasteiger partial charge in [0.05, 0.1) is 6.61 Å². The van der Waals surface area contributed by atoms with E-state index in [0.717, 1.165) is 57.2 Å². The monoisotopic (exact) mass is 288 g/mol. The van der Waals surface area contributed by atoms with Gasteiger partial charge >= 0.3 is 0 Å². The maximum Gasteiger partial charge on any atom is 0.119 e. The molecule has 21 heavy (non-hydrogen) atoms. The SMILES string of the molecule is C#CCCCc1cc(CCCCN)cc(OCCCN)c1. The molecule has 0 saturated carbocycles. The zero-order chi connectivity index (χ0) is 15.3. The minimum Gasteiger partial charge on any atom is -0.494 e. The van der Waals surface area contributed by atoms with Crippen LogP contribution in [0.15, 0.2) is 18.2 Å². The lowest BCUT2D eigenvalue weighted by molar-refractivity contribution is 0.313. The van der Waals surface area contributed by atoms with Crippen LogP contribution < -0.4 is 16.2 Å². The van der Waals surface area contributed by atoms with Crippen molar-refractivity contribution < 1.29 is 4.74 Å². The van der Waals surface area contributed by atoms with E-state index in [2.05, 4.69) is 24.1 Å². The summed E-state index contributed by atoms with van der Waals surface area (Å²) in [7, 11) is 0. The van der Waals surface area contributed by atoms with E-state index in [1.165, 1.54) is 11.1 Å². The van der Waals surface area contributed by atoms with E-state index in [-0.39, 0.29) is 0 Å². The van der Waals surface area contributed by atoms with Crippen molar-refractivity contribution >= 4 is 0 Å². The van der Waals surface area contributed by atoms with Crippen molar-refractivity contribution in [2.45, 2.75) is 44.9 Å². The van der Waals surface area contributed by atoms with Crippen LogP contribution in [0.25, 0.3) is 0 Å². The van der Waals surface area contributed by atoms with Crippen LogP contribution in [0, 0.1) is 12.3 Å². The van der Waals surface area contributed by atoms with Crippen molar-refractivity contribution in [3.63, 3.8) is 0 Å². The van der Waals surface area contributed by atoms with Gasteiger partial charge < -0.3 is 16.2 Å². The van der Waals surface area contributed by atoms with Crippen LogP contribution in [0.5, 0.6) is 5.75 Å². The van der Waals surface area contributed by atoms with E-state index in [0.29, 0.717) is 13.2 Å². The van der Waals surface area contributed by atoms with Crippen molar-refractivity contribution in [2.75, 3.05) is 19.7 Å². The molecule has 3 nitrogen and oxygen atoms in total. The van der Waals surface area contributed by atoms with Crippen LogP contribution in [0.4, 0.5) is 0 Å². The molecule has 1 aromatic rings. The molecular weight excluding hydrogens is 260 g/mol. The first-order valence-corrected chi connectivity index (χ1v) is 7.89. The van der Waals surface area contributed by atoms with Gasteiger partial charge in [-0.25, -0.2) is 0 Å². The molecule has 0 heterocycles. The average Bonchev–Trinajstić information content (AvgIpc) is 2.48. The van der Waals surface area contributed by atoms with Gasteiger partial charge in [-0.1, -0.05) is 6.07 Å². The van der Waals surface area contributed by atoms with Crippen LogP contribution in [0.3, 0.4) is 0 Å². The molecule has 0 saturated heterocycles. The van der Waals surface area contributed by atoms with Crippen molar-refractivity contribution in [1.82, 2.24) is 0 Å². The number of terminal acetylenes is 1. The maximum atomic E-state index is 5.80. The van der Waals surface area contributed by atoms with Crippen LogP contribution in [-0.2, 0) is 12.8 Å². The molecule has 0 amide bonds. The second-order valence-corrected chi connectivity index (χ2v) is 5.28. The molecule has 0 atom stereocenters. The van der Waals surface area contributed by atoms with Gasteiger partial charge in [0.2, 0.25) is 0 Å². The van der Waals surface area contributed by atoms with E-state index in [1.807, 2.05) is 0 Å². The lowest BCUT2D eigenvalue weighted by Gasteiger charge is -2.11. The number of unbranched alkanes of at least 4 members (excludes halogenated alkanes) is 2. The van der Waals surface area contributed by atoms with Gasteiger partial charge in [0.1, 0.15) is 5.75 Å². The molecule has 0 aromatic heterocycles. The van der Waals surface area contributed by atoms with Crippen LogP contribution >= 0.6 is 0 Å². The number of aryl methyl sites for hydroxylation is 2. The summed E-state index contributed by atoms with van der Waals surface area (Å²) in [5.74, 6) is 3.64. The number of hydrogen-bond acceptors (Lipinski definition) is 3. The average molecular weight is 288 g/mol. The lowest BCUT2D eigenvalue weighted by Crippen LogP contribution is -2.06. The Balaban J connectivity index is 2.68. The summed E-state index contributed by atoms with van der Waals surface area (Å²) in [6.45, 7) is 2.08. The molecule has 0 radical (unpaired) electrons. The van der Waals surface area contributed by atoms with Crippen molar-refractivity contribution in [1.29, 1.82) is 0 Å². The van der Waals surface area contributed by atoms with Crippen molar-refractivity contribution in [3.05, 3.63) is 29.3 Å². The predicted molar refractivity (Wildman–Crippen MR) is 89.4 cm³/mol. The summed E-state index contributed by atoms with van der Waals surface area (Å²) >= 11 is 0. The van der Waals surface area contributed by atoms with Crippen LogP contribution in [-0.4, -0.2) is 19.7 Å². The first-order valence-electron chi connectivity index (χ1n) is 7.89. The van der Waals surface area contributed by atoms with E-state index >= 15 is 0 Å². The summed E-state index contributed by atoms with van der Waals surface area (Å²) in [5.41, 5.74) is 13.7. The topological polar surface area (TPSA) is 61.3 Å². The molecule has 1 rings (SSSR count).